The highest BCUT2D eigenvalue weighted by atomic mass is 35.5. The van der Waals surface area contributed by atoms with Crippen LogP contribution >= 0.6 is 11.6 Å². The molecule has 2 N–H and O–H groups in total. The molecule has 0 fully saturated rings. The minimum Gasteiger partial charge on any atom is -0.439 e. The highest BCUT2D eigenvalue weighted by Gasteiger charge is 2.06. The molecule has 3 aromatic rings. The van der Waals surface area contributed by atoms with Crippen LogP contribution in [0.1, 0.15) is 5.56 Å². The third-order valence-electron chi connectivity index (χ3n) is 3.03. The van der Waals surface area contributed by atoms with Gasteiger partial charge in [0.2, 0.25) is 5.88 Å². The van der Waals surface area contributed by atoms with Gasteiger partial charge >= 0.3 is 0 Å². The first-order chi connectivity index (χ1) is 9.76. The minimum atomic E-state index is 0.444. The molecule has 0 aliphatic carbocycles. The van der Waals surface area contributed by atoms with Gasteiger partial charge in [0.1, 0.15) is 5.75 Å². The standard InChI is InChI=1S/C16H13ClN2O/c17-12-5-7-13(8-6-12)20-16-9-11(10-18)14-3-1-2-4-15(14)19-16/h1-9H,10,18H2. The van der Waals surface area contributed by atoms with E-state index < -0.39 is 0 Å². The van der Waals surface area contributed by atoms with Gasteiger partial charge in [-0.2, -0.15) is 0 Å². The number of ether oxygens (including phenoxy) is 1. The zero-order valence-corrected chi connectivity index (χ0v) is 11.5. The largest absolute Gasteiger partial charge is 0.439 e. The Labute approximate surface area is 122 Å². The maximum atomic E-state index is 5.85. The van der Waals surface area contributed by atoms with Gasteiger partial charge in [-0.15, -0.1) is 0 Å². The molecule has 0 saturated carbocycles. The van der Waals surface area contributed by atoms with Gasteiger partial charge in [0, 0.05) is 23.0 Å². The number of hydrogen-bond donors (Lipinski definition) is 1. The summed E-state index contributed by atoms with van der Waals surface area (Å²) in [6.07, 6.45) is 0. The van der Waals surface area contributed by atoms with Crippen LogP contribution in [0.4, 0.5) is 0 Å². The summed E-state index contributed by atoms with van der Waals surface area (Å²) >= 11 is 5.85. The summed E-state index contributed by atoms with van der Waals surface area (Å²) in [5, 5.41) is 1.73. The lowest BCUT2D eigenvalue weighted by molar-refractivity contribution is 0.464. The highest BCUT2D eigenvalue weighted by Crippen LogP contribution is 2.26. The smallest absolute Gasteiger partial charge is 0.220 e. The lowest BCUT2D eigenvalue weighted by Gasteiger charge is -2.09. The summed E-state index contributed by atoms with van der Waals surface area (Å²) in [5.74, 6) is 1.23. The zero-order chi connectivity index (χ0) is 13.9. The molecular formula is C16H13ClN2O. The Bertz CT molecular complexity index is 741. The summed E-state index contributed by atoms with van der Waals surface area (Å²) in [7, 11) is 0. The van der Waals surface area contributed by atoms with Crippen LogP contribution in [0.2, 0.25) is 5.02 Å². The van der Waals surface area contributed by atoms with E-state index in [9.17, 15) is 0 Å². The van der Waals surface area contributed by atoms with Crippen molar-refractivity contribution in [2.45, 2.75) is 6.54 Å². The first-order valence-corrected chi connectivity index (χ1v) is 6.66. The Balaban J connectivity index is 2.01. The number of rotatable bonds is 3. The molecule has 100 valence electrons. The molecule has 3 nitrogen and oxygen atoms in total. The lowest BCUT2D eigenvalue weighted by Crippen LogP contribution is -1.99. The number of pyridine rings is 1. The van der Waals surface area contributed by atoms with Crippen molar-refractivity contribution in [3.63, 3.8) is 0 Å². The van der Waals surface area contributed by atoms with Crippen LogP contribution < -0.4 is 10.5 Å². The molecule has 4 heteroatoms. The van der Waals surface area contributed by atoms with Crippen LogP contribution in [-0.4, -0.2) is 4.98 Å². The van der Waals surface area contributed by atoms with Crippen molar-refractivity contribution in [1.29, 1.82) is 0 Å². The fourth-order valence-corrected chi connectivity index (χ4v) is 2.19. The molecule has 0 radical (unpaired) electrons. The van der Waals surface area contributed by atoms with Crippen molar-refractivity contribution >= 4 is 22.5 Å². The predicted octanol–water partition coefficient (Wildman–Crippen LogP) is 4.14. The van der Waals surface area contributed by atoms with Crippen LogP contribution in [0.15, 0.2) is 54.6 Å². The number of aromatic nitrogens is 1. The van der Waals surface area contributed by atoms with E-state index in [-0.39, 0.29) is 0 Å². The number of nitrogens with zero attached hydrogens (tertiary/aromatic N) is 1. The van der Waals surface area contributed by atoms with Gasteiger partial charge in [-0.05, 0) is 35.9 Å². The molecular weight excluding hydrogens is 272 g/mol. The van der Waals surface area contributed by atoms with Crippen molar-refractivity contribution in [3.05, 3.63) is 65.2 Å². The average molecular weight is 285 g/mol. The normalized spacial score (nSPS) is 10.7. The Hall–Kier alpha value is -2.10. The number of nitrogens with two attached hydrogens (primary N) is 1. The van der Waals surface area contributed by atoms with E-state index in [1.807, 2.05) is 30.3 Å². The Morgan fingerprint density at radius 2 is 1.80 bits per heavy atom. The van der Waals surface area contributed by atoms with Crippen molar-refractivity contribution in [2.75, 3.05) is 0 Å². The number of hydrogen-bond acceptors (Lipinski definition) is 3. The van der Waals surface area contributed by atoms with E-state index in [1.165, 1.54) is 0 Å². The molecule has 0 bridgehead atoms. The third-order valence-corrected chi connectivity index (χ3v) is 3.29. The molecule has 20 heavy (non-hydrogen) atoms. The number of benzene rings is 2. The molecule has 0 aliphatic heterocycles. The lowest BCUT2D eigenvalue weighted by atomic mass is 10.1. The zero-order valence-electron chi connectivity index (χ0n) is 10.7. The molecule has 1 aromatic heterocycles. The maximum absolute atomic E-state index is 5.85. The summed E-state index contributed by atoms with van der Waals surface area (Å²) in [4.78, 5) is 4.49. The number of halogens is 1. The highest BCUT2D eigenvalue weighted by molar-refractivity contribution is 6.30. The molecule has 3 rings (SSSR count). The average Bonchev–Trinajstić information content (AvgIpc) is 2.49. The Kier molecular flexibility index (Phi) is 3.54. The summed E-state index contributed by atoms with van der Waals surface area (Å²) < 4.78 is 5.76. The van der Waals surface area contributed by atoms with E-state index >= 15 is 0 Å². The molecule has 0 amide bonds. The van der Waals surface area contributed by atoms with Crippen LogP contribution in [0.25, 0.3) is 10.9 Å². The molecule has 0 unspecified atom stereocenters. The van der Waals surface area contributed by atoms with Crippen molar-refractivity contribution in [3.8, 4) is 11.6 Å². The molecule has 1 heterocycles. The van der Waals surface area contributed by atoms with Crippen molar-refractivity contribution < 1.29 is 4.74 Å². The Morgan fingerprint density at radius 3 is 2.55 bits per heavy atom. The number of para-hydroxylation sites is 1. The van der Waals surface area contributed by atoms with Gasteiger partial charge in [0.15, 0.2) is 0 Å². The SMILES string of the molecule is NCc1cc(Oc2ccc(Cl)cc2)nc2ccccc12. The van der Waals surface area contributed by atoms with Gasteiger partial charge in [-0.1, -0.05) is 29.8 Å². The summed E-state index contributed by atoms with van der Waals surface area (Å²) in [6, 6.07) is 16.9. The van der Waals surface area contributed by atoms with Gasteiger partial charge < -0.3 is 10.5 Å². The molecule has 0 aliphatic rings. The predicted molar refractivity (Wildman–Crippen MR) is 81.2 cm³/mol. The summed E-state index contributed by atoms with van der Waals surface area (Å²) in [5.41, 5.74) is 7.69. The van der Waals surface area contributed by atoms with Gasteiger partial charge in [-0.3, -0.25) is 0 Å². The second-order valence-corrected chi connectivity index (χ2v) is 4.83. The van der Waals surface area contributed by atoms with Crippen LogP contribution in [0.3, 0.4) is 0 Å². The third kappa shape index (κ3) is 2.59. The monoisotopic (exact) mass is 284 g/mol. The fraction of sp³-hybridized carbons (Fsp3) is 0.0625. The van der Waals surface area contributed by atoms with Gasteiger partial charge in [-0.25, -0.2) is 4.98 Å². The summed E-state index contributed by atoms with van der Waals surface area (Å²) in [6.45, 7) is 0.444. The van der Waals surface area contributed by atoms with E-state index in [2.05, 4.69) is 4.98 Å². The van der Waals surface area contributed by atoms with E-state index in [0.717, 1.165) is 16.5 Å². The van der Waals surface area contributed by atoms with E-state index in [1.54, 1.807) is 24.3 Å². The van der Waals surface area contributed by atoms with Crippen LogP contribution in [-0.2, 0) is 6.54 Å². The topological polar surface area (TPSA) is 48.1 Å². The second-order valence-electron chi connectivity index (χ2n) is 4.40. The molecule has 0 spiro atoms. The minimum absolute atomic E-state index is 0.444. The Morgan fingerprint density at radius 1 is 1.05 bits per heavy atom. The maximum Gasteiger partial charge on any atom is 0.220 e. The number of fused-ring (bicyclic) bond motifs is 1. The van der Waals surface area contributed by atoms with Crippen molar-refractivity contribution in [2.24, 2.45) is 5.73 Å². The van der Waals surface area contributed by atoms with Crippen LogP contribution in [0, 0.1) is 0 Å². The van der Waals surface area contributed by atoms with Gasteiger partial charge in [0.05, 0.1) is 5.52 Å². The van der Waals surface area contributed by atoms with E-state index in [4.69, 9.17) is 22.1 Å². The first-order valence-electron chi connectivity index (χ1n) is 6.28. The quantitative estimate of drug-likeness (QED) is 0.786. The fourth-order valence-electron chi connectivity index (χ4n) is 2.07. The first kappa shape index (κ1) is 12.9. The molecule has 0 atom stereocenters. The van der Waals surface area contributed by atoms with Crippen LogP contribution in [0.5, 0.6) is 11.6 Å². The van der Waals surface area contributed by atoms with E-state index in [0.29, 0.717) is 23.2 Å². The van der Waals surface area contributed by atoms with Gasteiger partial charge in [0.25, 0.3) is 0 Å². The molecule has 0 saturated heterocycles. The molecule has 2 aromatic carbocycles. The second kappa shape index (κ2) is 5.49. The van der Waals surface area contributed by atoms with Crippen molar-refractivity contribution in [1.82, 2.24) is 4.98 Å².